The van der Waals surface area contributed by atoms with Crippen LogP contribution >= 0.6 is 0 Å². The van der Waals surface area contributed by atoms with Crippen molar-refractivity contribution in [3.63, 3.8) is 0 Å². The lowest BCUT2D eigenvalue weighted by molar-refractivity contribution is -0.138. The summed E-state index contributed by atoms with van der Waals surface area (Å²) < 4.78 is 5.48. The van der Waals surface area contributed by atoms with E-state index >= 15 is 0 Å². The van der Waals surface area contributed by atoms with Crippen LogP contribution in [-0.2, 0) is 15.0 Å². The average Bonchev–Trinajstić information content (AvgIpc) is 3.39. The van der Waals surface area contributed by atoms with Gasteiger partial charge < -0.3 is 9.73 Å². The maximum absolute atomic E-state index is 13.3. The Balaban J connectivity index is 1.44. The first-order chi connectivity index (χ1) is 16.5. The first kappa shape index (κ1) is 21.6. The second-order valence-electron chi connectivity index (χ2n) is 8.39. The minimum Gasteiger partial charge on any atom is -0.463 e. The van der Waals surface area contributed by atoms with Crippen molar-refractivity contribution in [2.45, 2.75) is 31.6 Å². The molecule has 1 aliphatic heterocycles. The molecule has 7 nitrogen and oxygen atoms in total. The monoisotopic (exact) mass is 453 g/mol. The van der Waals surface area contributed by atoms with Crippen molar-refractivity contribution in [3.05, 3.63) is 84.1 Å². The summed E-state index contributed by atoms with van der Waals surface area (Å²) in [6, 6.07) is 20.0. The van der Waals surface area contributed by atoms with Gasteiger partial charge in [0.25, 0.3) is 5.91 Å². The Bertz CT molecular complexity index is 1390. The number of imide groups is 1. The molecule has 1 unspecified atom stereocenters. The number of anilines is 1. The molecule has 3 heterocycles. The number of pyridine rings is 1. The van der Waals surface area contributed by atoms with Gasteiger partial charge in [-0.2, -0.15) is 0 Å². The summed E-state index contributed by atoms with van der Waals surface area (Å²) in [6.45, 7) is 1.94. The highest BCUT2D eigenvalue weighted by Crippen LogP contribution is 2.36. The van der Waals surface area contributed by atoms with E-state index in [1.165, 1.54) is 0 Å². The van der Waals surface area contributed by atoms with E-state index in [0.29, 0.717) is 47.5 Å². The third kappa shape index (κ3) is 3.75. The molecule has 1 atom stereocenters. The number of carbonyl (C=O) groups is 3. The number of carbonyl (C=O) groups excluding carboxylic acids is 3. The van der Waals surface area contributed by atoms with E-state index in [1.807, 2.05) is 43.3 Å². The van der Waals surface area contributed by atoms with Gasteiger partial charge in [-0.1, -0.05) is 37.3 Å². The first-order valence-electron chi connectivity index (χ1n) is 11.2. The summed E-state index contributed by atoms with van der Waals surface area (Å²) in [5.74, 6) is -0.197. The zero-order valence-electron chi connectivity index (χ0n) is 18.6. The van der Waals surface area contributed by atoms with E-state index in [2.05, 4.69) is 15.6 Å². The zero-order valence-corrected chi connectivity index (χ0v) is 18.6. The van der Waals surface area contributed by atoms with Gasteiger partial charge in [0.05, 0.1) is 22.8 Å². The van der Waals surface area contributed by atoms with E-state index in [0.717, 1.165) is 10.9 Å². The van der Waals surface area contributed by atoms with Crippen LogP contribution in [0.2, 0.25) is 0 Å². The topological polar surface area (TPSA) is 101 Å². The molecule has 0 saturated carbocycles. The first-order valence-corrected chi connectivity index (χ1v) is 11.2. The Morgan fingerprint density at radius 2 is 1.88 bits per heavy atom. The fourth-order valence-electron chi connectivity index (χ4n) is 4.55. The summed E-state index contributed by atoms with van der Waals surface area (Å²) in [5.41, 5.74) is 2.44. The number of nitrogens with zero attached hydrogens (tertiary/aromatic N) is 1. The van der Waals surface area contributed by atoms with E-state index in [1.54, 1.807) is 36.6 Å². The van der Waals surface area contributed by atoms with Crippen LogP contribution < -0.4 is 10.6 Å². The van der Waals surface area contributed by atoms with Crippen LogP contribution in [0.1, 0.15) is 42.1 Å². The molecule has 1 fully saturated rings. The van der Waals surface area contributed by atoms with Crippen LogP contribution in [0, 0.1) is 0 Å². The fourth-order valence-corrected chi connectivity index (χ4v) is 4.55. The molecule has 170 valence electrons. The van der Waals surface area contributed by atoms with E-state index in [4.69, 9.17) is 4.42 Å². The molecule has 0 bridgehead atoms. The highest BCUT2D eigenvalue weighted by molar-refractivity contribution is 6.13. The molecule has 2 aromatic heterocycles. The minimum atomic E-state index is -0.740. The summed E-state index contributed by atoms with van der Waals surface area (Å²) in [4.78, 5) is 42.2. The third-order valence-electron chi connectivity index (χ3n) is 6.50. The lowest BCUT2D eigenvalue weighted by Gasteiger charge is -2.35. The van der Waals surface area contributed by atoms with Crippen LogP contribution in [0.25, 0.3) is 22.4 Å². The molecule has 1 aliphatic rings. The van der Waals surface area contributed by atoms with Gasteiger partial charge in [-0.25, -0.2) is 4.98 Å². The molecule has 0 spiro atoms. The molecule has 5 rings (SSSR count). The summed E-state index contributed by atoms with van der Waals surface area (Å²) in [5, 5.41) is 6.15. The van der Waals surface area contributed by atoms with Gasteiger partial charge in [0.2, 0.25) is 11.8 Å². The van der Waals surface area contributed by atoms with Crippen LogP contribution in [0.5, 0.6) is 0 Å². The van der Waals surface area contributed by atoms with Crippen molar-refractivity contribution >= 4 is 34.3 Å². The van der Waals surface area contributed by atoms with Crippen LogP contribution in [0.4, 0.5) is 5.69 Å². The molecule has 3 amide bonds. The molecule has 2 aromatic carbocycles. The molecule has 2 N–H and O–H groups in total. The number of hydrogen-bond acceptors (Lipinski definition) is 5. The smallest absolute Gasteiger partial charge is 0.256 e. The predicted octanol–water partition coefficient (Wildman–Crippen LogP) is 4.83. The lowest BCUT2D eigenvalue weighted by atomic mass is 9.72. The zero-order chi connectivity index (χ0) is 23.7. The molecule has 0 aliphatic carbocycles. The van der Waals surface area contributed by atoms with Crippen LogP contribution in [-0.4, -0.2) is 22.7 Å². The molecule has 0 radical (unpaired) electrons. The Kier molecular flexibility index (Phi) is 5.45. The lowest BCUT2D eigenvalue weighted by Crippen LogP contribution is -2.51. The number of aromatic nitrogens is 1. The third-order valence-corrected chi connectivity index (χ3v) is 6.50. The van der Waals surface area contributed by atoms with Gasteiger partial charge in [0, 0.05) is 17.5 Å². The van der Waals surface area contributed by atoms with Gasteiger partial charge in [-0.05, 0) is 54.8 Å². The SMILES string of the molecule is CCC1(c2ccc(NC(=O)c3cc(-c4ccco4)nc4ccccc34)cc2)CCC(=O)NC1=O. The van der Waals surface area contributed by atoms with Crippen LogP contribution in [0.3, 0.4) is 0 Å². The maximum Gasteiger partial charge on any atom is 0.256 e. The van der Waals surface area contributed by atoms with Crippen molar-refractivity contribution < 1.29 is 18.8 Å². The Morgan fingerprint density at radius 1 is 1.09 bits per heavy atom. The molecule has 7 heteroatoms. The van der Waals surface area contributed by atoms with E-state index < -0.39 is 5.41 Å². The van der Waals surface area contributed by atoms with Gasteiger partial charge >= 0.3 is 0 Å². The summed E-state index contributed by atoms with van der Waals surface area (Å²) in [6.07, 6.45) is 2.93. The highest BCUT2D eigenvalue weighted by atomic mass is 16.3. The van der Waals surface area contributed by atoms with Gasteiger partial charge in [0.1, 0.15) is 5.69 Å². The van der Waals surface area contributed by atoms with Crippen molar-refractivity contribution in [1.82, 2.24) is 10.3 Å². The van der Waals surface area contributed by atoms with Crippen molar-refractivity contribution in [2.75, 3.05) is 5.32 Å². The summed E-state index contributed by atoms with van der Waals surface area (Å²) >= 11 is 0. The van der Waals surface area contributed by atoms with Crippen molar-refractivity contribution in [1.29, 1.82) is 0 Å². The number of fused-ring (bicyclic) bond motifs is 1. The number of nitrogens with one attached hydrogen (secondary N) is 2. The summed E-state index contributed by atoms with van der Waals surface area (Å²) in [7, 11) is 0. The number of rotatable bonds is 5. The quantitative estimate of drug-likeness (QED) is 0.422. The largest absolute Gasteiger partial charge is 0.463 e. The van der Waals surface area contributed by atoms with Crippen LogP contribution in [0.15, 0.2) is 77.4 Å². The number of amides is 3. The molecule has 1 saturated heterocycles. The minimum absolute atomic E-state index is 0.239. The Morgan fingerprint density at radius 3 is 2.59 bits per heavy atom. The predicted molar refractivity (Wildman–Crippen MR) is 128 cm³/mol. The average molecular weight is 453 g/mol. The molecular weight excluding hydrogens is 430 g/mol. The Labute approximate surface area is 196 Å². The van der Waals surface area contributed by atoms with E-state index in [9.17, 15) is 14.4 Å². The molecular formula is C27H23N3O4. The maximum atomic E-state index is 13.3. The highest BCUT2D eigenvalue weighted by Gasteiger charge is 2.42. The van der Waals surface area contributed by atoms with Gasteiger partial charge in [-0.3, -0.25) is 19.7 Å². The number of para-hydroxylation sites is 1. The second kappa shape index (κ2) is 8.59. The second-order valence-corrected chi connectivity index (χ2v) is 8.39. The van der Waals surface area contributed by atoms with Gasteiger partial charge in [-0.15, -0.1) is 0 Å². The number of benzene rings is 2. The van der Waals surface area contributed by atoms with Gasteiger partial charge in [0.15, 0.2) is 5.76 Å². The normalized spacial score (nSPS) is 18.0. The van der Waals surface area contributed by atoms with E-state index in [-0.39, 0.29) is 17.7 Å². The standard InChI is InChI=1S/C27H23N3O4/c1-2-27(14-13-24(31)30-26(27)33)17-9-11-18(12-10-17)28-25(32)20-16-22(23-8-5-15-34-23)29-21-7-4-3-6-19(20)21/h3-12,15-16H,2,13-14H2,1H3,(H,28,32)(H,30,31,33). The number of hydrogen-bond donors (Lipinski definition) is 2. The molecule has 4 aromatic rings. The van der Waals surface area contributed by atoms with Crippen molar-refractivity contribution in [3.8, 4) is 11.5 Å². The number of piperidine rings is 1. The molecule has 34 heavy (non-hydrogen) atoms. The number of furan rings is 1. The Hall–Kier alpha value is -4.26. The van der Waals surface area contributed by atoms with Crippen molar-refractivity contribution in [2.24, 2.45) is 0 Å². The fraction of sp³-hybridized carbons (Fsp3) is 0.185.